The van der Waals surface area contributed by atoms with Crippen molar-refractivity contribution < 1.29 is 0 Å². The summed E-state index contributed by atoms with van der Waals surface area (Å²) in [5, 5.41) is 14.5. The first-order chi connectivity index (χ1) is 26.1. The van der Waals surface area contributed by atoms with Crippen molar-refractivity contribution in [3.63, 3.8) is 0 Å². The molecule has 11 aromatic rings. The van der Waals surface area contributed by atoms with E-state index in [1.54, 1.807) is 0 Å². The number of pyridine rings is 1. The van der Waals surface area contributed by atoms with Crippen LogP contribution in [-0.4, -0.2) is 9.38 Å². The molecule has 4 heteroatoms. The molecule has 0 aliphatic heterocycles. The van der Waals surface area contributed by atoms with Crippen LogP contribution in [0.2, 0.25) is 0 Å². The van der Waals surface area contributed by atoms with Crippen LogP contribution in [0.5, 0.6) is 0 Å². The van der Waals surface area contributed by atoms with Crippen molar-refractivity contribution in [1.29, 1.82) is 0 Å². The van der Waals surface area contributed by atoms with Gasteiger partial charge in [0.05, 0.1) is 16.6 Å². The minimum absolute atomic E-state index is 0.983. The van der Waals surface area contributed by atoms with Gasteiger partial charge < -0.3 is 0 Å². The Labute approximate surface area is 311 Å². The van der Waals surface area contributed by atoms with E-state index in [1.165, 1.54) is 70.1 Å². The summed E-state index contributed by atoms with van der Waals surface area (Å²) < 4.78 is 2.32. The van der Waals surface area contributed by atoms with Gasteiger partial charge in [-0.05, 0) is 102 Å². The van der Waals surface area contributed by atoms with Gasteiger partial charge in [0.15, 0.2) is 0 Å². The van der Waals surface area contributed by atoms with Crippen LogP contribution < -0.4 is 15.9 Å². The average molecular weight is 711 g/mol. The highest BCUT2D eigenvalue weighted by atomic mass is 32.4. The predicted octanol–water partition coefficient (Wildman–Crippen LogP) is 11.7. The Kier molecular flexibility index (Phi) is 6.73. The van der Waals surface area contributed by atoms with E-state index in [-0.39, 0.29) is 0 Å². The maximum absolute atomic E-state index is 7.05. The summed E-state index contributed by atoms with van der Waals surface area (Å²) in [6.07, 6.45) is 0. The molecule has 9 aromatic carbocycles. The maximum atomic E-state index is 7.05. The van der Waals surface area contributed by atoms with Crippen LogP contribution in [0.25, 0.3) is 81.8 Å². The van der Waals surface area contributed by atoms with Gasteiger partial charge in [0, 0.05) is 22.1 Å². The first-order valence-electron chi connectivity index (χ1n) is 18.0. The number of rotatable bonds is 4. The number of imidazole rings is 1. The van der Waals surface area contributed by atoms with Gasteiger partial charge in [0.2, 0.25) is 0 Å². The molecule has 0 saturated carbocycles. The Bertz CT molecular complexity index is 3260. The normalized spacial score (nSPS) is 12.2. The summed E-state index contributed by atoms with van der Waals surface area (Å²) in [5.41, 5.74) is 6.61. The molecule has 0 fully saturated rings. The molecule has 0 amide bonds. The van der Waals surface area contributed by atoms with Crippen LogP contribution in [-0.2, 0) is 11.8 Å². The van der Waals surface area contributed by atoms with E-state index in [1.807, 2.05) is 0 Å². The lowest BCUT2D eigenvalue weighted by molar-refractivity contribution is 1.31. The summed E-state index contributed by atoms with van der Waals surface area (Å²) in [5.74, 6) is 0. The van der Waals surface area contributed by atoms with Gasteiger partial charge in [-0.25, -0.2) is 4.98 Å². The van der Waals surface area contributed by atoms with E-state index in [4.69, 9.17) is 16.8 Å². The molecule has 248 valence electrons. The van der Waals surface area contributed by atoms with Gasteiger partial charge in [0.1, 0.15) is 5.65 Å². The van der Waals surface area contributed by atoms with Crippen molar-refractivity contribution in [2.24, 2.45) is 0 Å². The van der Waals surface area contributed by atoms with E-state index in [0.717, 1.165) is 27.6 Å². The van der Waals surface area contributed by atoms with Gasteiger partial charge in [-0.3, -0.25) is 4.40 Å². The molecular formula is C49H31N2PS. The lowest BCUT2D eigenvalue weighted by Crippen LogP contribution is -2.25. The molecule has 0 bridgehead atoms. The number of hydrogen-bond donors (Lipinski definition) is 0. The average Bonchev–Trinajstić information content (AvgIpc) is 3.63. The number of nitrogens with zero attached hydrogens (tertiary/aromatic N) is 2. The van der Waals surface area contributed by atoms with Crippen LogP contribution in [0.1, 0.15) is 0 Å². The van der Waals surface area contributed by atoms with Crippen molar-refractivity contribution in [3.05, 3.63) is 188 Å². The highest BCUT2D eigenvalue weighted by Gasteiger charge is 2.27. The van der Waals surface area contributed by atoms with Gasteiger partial charge in [-0.15, -0.1) is 0 Å². The molecule has 0 atom stereocenters. The lowest BCUT2D eigenvalue weighted by Gasteiger charge is -2.26. The monoisotopic (exact) mass is 710 g/mol. The zero-order valence-corrected chi connectivity index (χ0v) is 30.4. The van der Waals surface area contributed by atoms with Crippen LogP contribution >= 0.6 is 6.04 Å². The van der Waals surface area contributed by atoms with Crippen molar-refractivity contribution in [2.45, 2.75) is 0 Å². The maximum Gasteiger partial charge on any atom is 0.146 e. The minimum Gasteiger partial charge on any atom is -0.292 e. The second-order valence-electron chi connectivity index (χ2n) is 13.9. The largest absolute Gasteiger partial charge is 0.292 e. The second-order valence-corrected chi connectivity index (χ2v) is 18.3. The standard InChI is InChI=1S/C49H31N2PS/c53-52(39-24-20-32-10-1-3-12-34(32)29-39,40-25-21-33-11-2-4-13-35(33)30-40)48-19-9-14-38-28-36(22-26-41(38)48)37-23-27-42-43-15-5-7-17-46(43)51-47-18-8-6-16-45(47)50-49(51)44(42)31-37/h1-31H. The Hall–Kier alpha value is -6.12. The first kappa shape index (κ1) is 30.5. The molecule has 0 saturated heterocycles. The first-order valence-corrected chi connectivity index (χ1v) is 20.8. The number of fused-ring (bicyclic) bond motifs is 11. The van der Waals surface area contributed by atoms with E-state index in [2.05, 4.69) is 192 Å². The lowest BCUT2D eigenvalue weighted by atomic mass is 9.97. The fourth-order valence-electron chi connectivity index (χ4n) is 8.38. The van der Waals surface area contributed by atoms with Crippen molar-refractivity contribution in [1.82, 2.24) is 9.38 Å². The summed E-state index contributed by atoms with van der Waals surface area (Å²) in [6, 6.07) is 65.9. The summed E-state index contributed by atoms with van der Waals surface area (Å²) in [6.45, 7) is 0. The van der Waals surface area contributed by atoms with Crippen LogP contribution in [0.15, 0.2) is 188 Å². The third-order valence-corrected chi connectivity index (χ3v) is 15.9. The fourth-order valence-corrected chi connectivity index (χ4v) is 12.4. The molecule has 2 heterocycles. The van der Waals surface area contributed by atoms with E-state index >= 15 is 0 Å². The van der Waals surface area contributed by atoms with Crippen molar-refractivity contribution >= 4 is 104 Å². The Morgan fingerprint density at radius 3 is 1.72 bits per heavy atom. The number of benzene rings is 9. The summed E-state index contributed by atoms with van der Waals surface area (Å²) in [7, 11) is 0. The quantitative estimate of drug-likeness (QED) is 0.134. The van der Waals surface area contributed by atoms with Gasteiger partial charge in [-0.1, -0.05) is 157 Å². The van der Waals surface area contributed by atoms with E-state index in [0.29, 0.717) is 0 Å². The number of para-hydroxylation sites is 3. The second kappa shape index (κ2) is 11.7. The number of hydrogen-bond acceptors (Lipinski definition) is 2. The molecule has 53 heavy (non-hydrogen) atoms. The molecular weight excluding hydrogens is 680 g/mol. The fraction of sp³-hybridized carbons (Fsp3) is 0. The minimum atomic E-state index is -2.49. The van der Waals surface area contributed by atoms with Crippen LogP contribution in [0.3, 0.4) is 0 Å². The molecule has 2 aromatic heterocycles. The third kappa shape index (κ3) is 4.65. The highest BCUT2D eigenvalue weighted by Crippen LogP contribution is 2.46. The van der Waals surface area contributed by atoms with Gasteiger partial charge in [0.25, 0.3) is 0 Å². The van der Waals surface area contributed by atoms with Gasteiger partial charge >= 0.3 is 0 Å². The molecule has 0 aliphatic rings. The molecule has 0 radical (unpaired) electrons. The summed E-state index contributed by atoms with van der Waals surface area (Å²) in [4.78, 5) is 5.17. The third-order valence-electron chi connectivity index (χ3n) is 11.0. The molecule has 0 spiro atoms. The molecule has 0 unspecified atom stereocenters. The highest BCUT2D eigenvalue weighted by molar-refractivity contribution is 8.25. The Morgan fingerprint density at radius 1 is 0.396 bits per heavy atom. The zero-order valence-electron chi connectivity index (χ0n) is 28.6. The van der Waals surface area contributed by atoms with Crippen LogP contribution in [0, 0.1) is 0 Å². The smallest absolute Gasteiger partial charge is 0.146 e. The van der Waals surface area contributed by atoms with Crippen molar-refractivity contribution in [2.75, 3.05) is 0 Å². The van der Waals surface area contributed by atoms with Gasteiger partial charge in [-0.2, -0.15) is 0 Å². The zero-order chi connectivity index (χ0) is 35.1. The number of aromatic nitrogens is 2. The summed E-state index contributed by atoms with van der Waals surface area (Å²) >= 11 is 7.05. The molecule has 2 nitrogen and oxygen atoms in total. The predicted molar refractivity (Wildman–Crippen MR) is 232 cm³/mol. The van der Waals surface area contributed by atoms with E-state index in [9.17, 15) is 0 Å². The topological polar surface area (TPSA) is 17.3 Å². The van der Waals surface area contributed by atoms with Crippen molar-refractivity contribution in [3.8, 4) is 11.1 Å². The van der Waals surface area contributed by atoms with Crippen LogP contribution in [0.4, 0.5) is 0 Å². The Morgan fingerprint density at radius 2 is 0.981 bits per heavy atom. The molecule has 0 N–H and O–H groups in total. The molecule has 0 aliphatic carbocycles. The van der Waals surface area contributed by atoms with E-state index < -0.39 is 6.04 Å². The Balaban J connectivity index is 1.12. The molecule has 11 rings (SSSR count). The SMILES string of the molecule is S=P(c1ccc2ccccc2c1)(c1ccc2ccccc2c1)c1cccc2cc(-c3ccc4c5ccccc5n5c6ccccc6nc5c4c3)ccc12.